The van der Waals surface area contributed by atoms with Gasteiger partial charge in [0, 0.05) is 81.9 Å². The molecule has 2 aliphatic rings. The SMILES string of the molecule is c1ccc(-c2ccccn2)nc1.c1ccc2c(c1)Cc1ccccc1-2.c1ccc2cc(-c3cc4ccccc4cn3)ncc2c1.c1ccc2nc(-c3ccc4ccccc4n3)ccc2c1.c1cnc2c(c1)CCc1cccnc1-2.c1cnc2c(c1)ccc1cccnc12. The Morgan fingerprint density at radius 2 is 0.570 bits per heavy atom. The lowest BCUT2D eigenvalue weighted by molar-refractivity contribution is 0.912. The van der Waals surface area contributed by atoms with Crippen molar-refractivity contribution in [3.05, 3.63) is 351 Å². The molecule has 0 saturated heterocycles. The normalized spacial score (nSPS) is 11.3. The van der Waals surface area contributed by atoms with E-state index in [0.717, 1.165) is 119 Å². The van der Waals surface area contributed by atoms with E-state index < -0.39 is 0 Å². The fourth-order valence-electron chi connectivity index (χ4n) is 11.6. The van der Waals surface area contributed by atoms with Crippen LogP contribution in [0.1, 0.15) is 22.3 Å². The van der Waals surface area contributed by atoms with E-state index in [4.69, 9.17) is 0 Å². The average Bonchev–Trinajstić information content (AvgIpc) is 1.58. The lowest BCUT2D eigenvalue weighted by Crippen LogP contribution is -2.06. The van der Waals surface area contributed by atoms with Crippen LogP contribution in [0.25, 0.3) is 122 Å². The molecule has 7 aromatic carbocycles. The van der Waals surface area contributed by atoms with Crippen LogP contribution in [0.4, 0.5) is 0 Å². The van der Waals surface area contributed by atoms with Gasteiger partial charge in [-0.1, -0.05) is 194 Å². The number of rotatable bonds is 3. The van der Waals surface area contributed by atoms with Gasteiger partial charge in [-0.25, -0.2) is 9.97 Å². The summed E-state index contributed by atoms with van der Waals surface area (Å²) in [6.07, 6.45) is 17.9. The third-order valence-electron chi connectivity index (χ3n) is 16.3. The Bertz CT molecular complexity index is 4920. The van der Waals surface area contributed by atoms with Crippen molar-refractivity contribution in [3.63, 3.8) is 0 Å². The molecule has 10 aromatic heterocycles. The Morgan fingerprint density at radius 3 is 1.03 bits per heavy atom. The summed E-state index contributed by atoms with van der Waals surface area (Å²) in [6.45, 7) is 0. The van der Waals surface area contributed by atoms with Gasteiger partial charge in [0.05, 0.1) is 67.6 Å². The van der Waals surface area contributed by atoms with Crippen LogP contribution in [0, 0.1) is 0 Å². The monoisotopic (exact) mass is 1200 g/mol. The molecule has 0 amide bonds. The fraction of sp³-hybridized carbons (Fsp3) is 0.0361. The van der Waals surface area contributed by atoms with E-state index in [9.17, 15) is 0 Å². The molecule has 0 fully saturated rings. The third kappa shape index (κ3) is 13.6. The Labute approximate surface area is 538 Å². The molecule has 0 unspecified atom stereocenters. The summed E-state index contributed by atoms with van der Waals surface area (Å²) in [5, 5.41) is 9.25. The molecule has 10 nitrogen and oxygen atoms in total. The summed E-state index contributed by atoms with van der Waals surface area (Å²) >= 11 is 0. The molecule has 0 N–H and O–H groups in total. The molecule has 0 saturated carbocycles. The molecule has 0 bridgehead atoms. The quantitative estimate of drug-likeness (QED) is 0.158. The van der Waals surface area contributed by atoms with Gasteiger partial charge in [-0.2, -0.15) is 0 Å². The molecule has 93 heavy (non-hydrogen) atoms. The zero-order chi connectivity index (χ0) is 62.4. The maximum Gasteiger partial charge on any atom is 0.0964 e. The molecule has 0 spiro atoms. The number of aryl methyl sites for hydroxylation is 2. The Balaban J connectivity index is 0.0000000977. The molecule has 10 heteroatoms. The van der Waals surface area contributed by atoms with Gasteiger partial charge in [0.2, 0.25) is 0 Å². The van der Waals surface area contributed by atoms with Crippen molar-refractivity contribution in [1.29, 1.82) is 0 Å². The van der Waals surface area contributed by atoms with Crippen molar-refractivity contribution >= 4 is 65.2 Å². The number of fused-ring (bicyclic) bond motifs is 13. The molecule has 19 rings (SSSR count). The second kappa shape index (κ2) is 28.0. The van der Waals surface area contributed by atoms with Crippen molar-refractivity contribution in [1.82, 2.24) is 49.8 Å². The molecular weight excluding hydrogens is 1140 g/mol. The number of aromatic nitrogens is 10. The molecular formula is C83H60N10. The van der Waals surface area contributed by atoms with Crippen LogP contribution < -0.4 is 0 Å². The van der Waals surface area contributed by atoms with Crippen molar-refractivity contribution in [3.8, 4) is 56.7 Å². The minimum atomic E-state index is 0.912. The number of para-hydroxylation sites is 2. The molecule has 0 atom stereocenters. The van der Waals surface area contributed by atoms with Gasteiger partial charge in [-0.3, -0.25) is 39.9 Å². The van der Waals surface area contributed by atoms with Gasteiger partial charge in [0.15, 0.2) is 0 Å². The lowest BCUT2D eigenvalue weighted by Gasteiger charge is -2.16. The summed E-state index contributed by atoms with van der Waals surface area (Å²) in [7, 11) is 0. The van der Waals surface area contributed by atoms with Gasteiger partial charge < -0.3 is 0 Å². The molecule has 0 aliphatic heterocycles. The van der Waals surface area contributed by atoms with E-state index in [1.54, 1.807) is 24.8 Å². The summed E-state index contributed by atoms with van der Waals surface area (Å²) in [4.78, 5) is 44.3. The van der Waals surface area contributed by atoms with E-state index >= 15 is 0 Å². The third-order valence-corrected chi connectivity index (χ3v) is 16.3. The first-order valence-corrected chi connectivity index (χ1v) is 31.0. The number of hydrogen-bond acceptors (Lipinski definition) is 10. The van der Waals surface area contributed by atoms with Crippen LogP contribution in [0.2, 0.25) is 0 Å². The second-order valence-corrected chi connectivity index (χ2v) is 22.3. The molecule has 2 aliphatic carbocycles. The van der Waals surface area contributed by atoms with Crippen LogP contribution in [0.5, 0.6) is 0 Å². The van der Waals surface area contributed by atoms with Crippen LogP contribution in [0.3, 0.4) is 0 Å². The molecule has 10 heterocycles. The smallest absolute Gasteiger partial charge is 0.0964 e. The zero-order valence-corrected chi connectivity index (χ0v) is 50.8. The van der Waals surface area contributed by atoms with Crippen molar-refractivity contribution in [2.75, 3.05) is 0 Å². The van der Waals surface area contributed by atoms with Crippen molar-refractivity contribution in [2.24, 2.45) is 0 Å². The first-order chi connectivity index (χ1) is 46.1. The largest absolute Gasteiger partial charge is 0.255 e. The Morgan fingerprint density at radius 1 is 0.215 bits per heavy atom. The summed E-state index contributed by atoms with van der Waals surface area (Å²) in [5.74, 6) is 0. The number of pyridine rings is 10. The number of nitrogens with zero attached hydrogens (tertiary/aromatic N) is 10. The summed E-state index contributed by atoms with van der Waals surface area (Å²) in [5.41, 5.74) is 19.9. The average molecular weight is 1200 g/mol. The predicted octanol–water partition coefficient (Wildman–Crippen LogP) is 19.3. The van der Waals surface area contributed by atoms with Gasteiger partial charge in [-0.05, 0) is 148 Å². The van der Waals surface area contributed by atoms with E-state index in [-0.39, 0.29) is 0 Å². The van der Waals surface area contributed by atoms with E-state index in [0.29, 0.717) is 0 Å². The van der Waals surface area contributed by atoms with Gasteiger partial charge >= 0.3 is 0 Å². The van der Waals surface area contributed by atoms with Crippen LogP contribution in [-0.2, 0) is 19.3 Å². The molecule has 442 valence electrons. The number of hydrogen-bond donors (Lipinski definition) is 0. The van der Waals surface area contributed by atoms with E-state index in [2.05, 4.69) is 195 Å². The fourth-order valence-corrected chi connectivity index (χ4v) is 11.6. The molecule has 0 radical (unpaired) electrons. The number of benzene rings is 7. The highest BCUT2D eigenvalue weighted by atomic mass is 14.8. The van der Waals surface area contributed by atoms with E-state index in [1.807, 2.05) is 158 Å². The van der Waals surface area contributed by atoms with Gasteiger partial charge in [0.1, 0.15) is 0 Å². The van der Waals surface area contributed by atoms with Gasteiger partial charge in [-0.15, -0.1) is 0 Å². The van der Waals surface area contributed by atoms with Crippen LogP contribution in [-0.4, -0.2) is 49.8 Å². The lowest BCUT2D eigenvalue weighted by atomic mass is 9.93. The first kappa shape index (κ1) is 58.3. The predicted molar refractivity (Wildman–Crippen MR) is 379 cm³/mol. The zero-order valence-electron chi connectivity index (χ0n) is 50.8. The molecule has 17 aromatic rings. The first-order valence-electron chi connectivity index (χ1n) is 31.0. The highest BCUT2D eigenvalue weighted by Gasteiger charge is 2.18. The Kier molecular flexibility index (Phi) is 17.5. The minimum Gasteiger partial charge on any atom is -0.255 e. The topological polar surface area (TPSA) is 129 Å². The summed E-state index contributed by atoms with van der Waals surface area (Å²) in [6, 6.07) is 94.5. The highest BCUT2D eigenvalue weighted by molar-refractivity contribution is 6.02. The van der Waals surface area contributed by atoms with Crippen molar-refractivity contribution < 1.29 is 0 Å². The van der Waals surface area contributed by atoms with Crippen LogP contribution in [0.15, 0.2) is 329 Å². The maximum atomic E-state index is 4.69. The Hall–Kier alpha value is -12.4. The maximum absolute atomic E-state index is 4.69. The minimum absolute atomic E-state index is 0.912. The van der Waals surface area contributed by atoms with E-state index in [1.165, 1.54) is 44.2 Å². The van der Waals surface area contributed by atoms with Gasteiger partial charge in [0.25, 0.3) is 0 Å². The van der Waals surface area contributed by atoms with Crippen LogP contribution >= 0.6 is 0 Å². The summed E-state index contributed by atoms with van der Waals surface area (Å²) < 4.78 is 0. The standard InChI is InChI=1S/2C18H12N2.C13H10.C12H10N2.C12H8N2.C10H8N2/c1-3-7-15-11-19-17(9-13(15)5-1)18-10-14-6-2-4-8-16(14)12-20-18;1-3-7-15-13(5-1)9-11-17(19-15)18-12-10-14-6-2-4-8-16(14)20-18;1-3-7-12-10(5-1)9-11-6-2-4-8-13(11)12;2*1-3-9-5-6-10-4-2-8-14-12(10)11(9)13-7-1;1-3-7-11-9(5-1)10-6-2-4-8-12-10/h2*1-12H;1-8H,9H2;1-4,7-8H,5-6H2;1-8H;1-8H. The van der Waals surface area contributed by atoms with Crippen molar-refractivity contribution in [2.45, 2.75) is 19.3 Å². The second-order valence-electron chi connectivity index (χ2n) is 22.3. The highest BCUT2D eigenvalue weighted by Crippen LogP contribution is 2.36.